The van der Waals surface area contributed by atoms with Crippen LogP contribution < -0.4 is 10.6 Å². The van der Waals surface area contributed by atoms with E-state index in [1.54, 1.807) is 6.33 Å². The van der Waals surface area contributed by atoms with Crippen LogP contribution in [0, 0.1) is 11.3 Å². The molecule has 1 aliphatic heterocycles. The van der Waals surface area contributed by atoms with Gasteiger partial charge in [0.25, 0.3) is 0 Å². The van der Waals surface area contributed by atoms with Crippen molar-refractivity contribution >= 4 is 5.91 Å². The molecule has 0 radical (unpaired) electrons. The molecule has 1 saturated heterocycles. The topological polar surface area (TPSA) is 71.8 Å². The Balaban J connectivity index is 1.92. The van der Waals surface area contributed by atoms with Gasteiger partial charge < -0.3 is 15.2 Å². The zero-order valence-corrected chi connectivity index (χ0v) is 11.9. The first-order chi connectivity index (χ1) is 9.01. The number of carbonyl (C=O) groups is 1. The van der Waals surface area contributed by atoms with E-state index in [0.29, 0.717) is 12.5 Å². The molecule has 1 unspecified atom stereocenters. The molecule has 1 fully saturated rings. The van der Waals surface area contributed by atoms with Crippen molar-refractivity contribution in [3.63, 3.8) is 0 Å². The number of rotatable bonds is 4. The standard InChI is InChI=1S/C13H23N5O/c1-13(2,10-5-4-6-14-7-10)12(19)15-8-11-17-16-9-18(11)3/h9-10,14H,4-8H2,1-3H3,(H,15,19). The predicted molar refractivity (Wildman–Crippen MR) is 72.2 cm³/mol. The Morgan fingerprint density at radius 1 is 1.63 bits per heavy atom. The first kappa shape index (κ1) is 14.0. The maximum Gasteiger partial charge on any atom is 0.226 e. The minimum Gasteiger partial charge on any atom is -0.348 e. The normalized spacial score (nSPS) is 20.3. The van der Waals surface area contributed by atoms with Gasteiger partial charge >= 0.3 is 0 Å². The second kappa shape index (κ2) is 5.69. The Morgan fingerprint density at radius 3 is 3.00 bits per heavy atom. The molecule has 1 aliphatic rings. The third kappa shape index (κ3) is 3.12. The molecule has 1 aromatic heterocycles. The average Bonchev–Trinajstić information content (AvgIpc) is 2.82. The summed E-state index contributed by atoms with van der Waals surface area (Å²) >= 11 is 0. The summed E-state index contributed by atoms with van der Waals surface area (Å²) < 4.78 is 1.81. The van der Waals surface area contributed by atoms with Crippen molar-refractivity contribution in [2.45, 2.75) is 33.2 Å². The molecule has 6 heteroatoms. The molecule has 106 valence electrons. The summed E-state index contributed by atoms with van der Waals surface area (Å²) in [6, 6.07) is 0. The van der Waals surface area contributed by atoms with Gasteiger partial charge in [0, 0.05) is 12.5 Å². The van der Waals surface area contributed by atoms with E-state index in [1.807, 2.05) is 25.5 Å². The van der Waals surface area contributed by atoms with E-state index in [4.69, 9.17) is 0 Å². The molecule has 1 amide bonds. The number of nitrogens with zero attached hydrogens (tertiary/aromatic N) is 3. The van der Waals surface area contributed by atoms with Crippen LogP contribution in [0.25, 0.3) is 0 Å². The van der Waals surface area contributed by atoms with Gasteiger partial charge in [-0.2, -0.15) is 0 Å². The summed E-state index contributed by atoms with van der Waals surface area (Å²) in [5.41, 5.74) is -0.355. The van der Waals surface area contributed by atoms with Crippen LogP contribution in [-0.4, -0.2) is 33.8 Å². The highest BCUT2D eigenvalue weighted by molar-refractivity contribution is 5.82. The maximum atomic E-state index is 12.4. The summed E-state index contributed by atoms with van der Waals surface area (Å²) in [6.07, 6.45) is 3.89. The smallest absolute Gasteiger partial charge is 0.226 e. The van der Waals surface area contributed by atoms with Gasteiger partial charge in [0.1, 0.15) is 6.33 Å². The number of piperidine rings is 1. The van der Waals surface area contributed by atoms with E-state index in [2.05, 4.69) is 20.8 Å². The Hall–Kier alpha value is -1.43. The second-order valence-electron chi connectivity index (χ2n) is 5.81. The molecular formula is C13H23N5O. The lowest BCUT2D eigenvalue weighted by atomic mass is 9.74. The van der Waals surface area contributed by atoms with Gasteiger partial charge in [0.15, 0.2) is 5.82 Å². The van der Waals surface area contributed by atoms with Gasteiger partial charge in [-0.1, -0.05) is 13.8 Å². The number of amides is 1. The number of hydrogen-bond donors (Lipinski definition) is 2. The third-order valence-corrected chi connectivity index (χ3v) is 4.11. The Kier molecular flexibility index (Phi) is 4.19. The molecule has 1 atom stereocenters. The lowest BCUT2D eigenvalue weighted by Crippen LogP contribution is -2.47. The molecule has 0 bridgehead atoms. The minimum absolute atomic E-state index is 0.0872. The molecule has 2 heterocycles. The van der Waals surface area contributed by atoms with Crippen molar-refractivity contribution in [3.8, 4) is 0 Å². The summed E-state index contributed by atoms with van der Waals surface area (Å²) in [6.45, 7) is 6.46. The third-order valence-electron chi connectivity index (χ3n) is 4.11. The van der Waals surface area contributed by atoms with Gasteiger partial charge in [-0.05, 0) is 31.8 Å². The molecule has 2 N–H and O–H groups in total. The predicted octanol–water partition coefficient (Wildman–Crippen LogP) is 0.457. The van der Waals surface area contributed by atoms with Crippen LogP contribution in [0.5, 0.6) is 0 Å². The van der Waals surface area contributed by atoms with Gasteiger partial charge in [-0.25, -0.2) is 0 Å². The Morgan fingerprint density at radius 2 is 2.42 bits per heavy atom. The minimum atomic E-state index is -0.355. The maximum absolute atomic E-state index is 12.4. The van der Waals surface area contributed by atoms with E-state index in [0.717, 1.165) is 31.8 Å². The van der Waals surface area contributed by atoms with Crippen LogP contribution in [0.2, 0.25) is 0 Å². The quantitative estimate of drug-likeness (QED) is 0.829. The lowest BCUT2D eigenvalue weighted by Gasteiger charge is -2.35. The first-order valence-corrected chi connectivity index (χ1v) is 6.83. The SMILES string of the molecule is Cn1cnnc1CNC(=O)C(C)(C)C1CCCNC1. The lowest BCUT2D eigenvalue weighted by molar-refractivity contribution is -0.132. The van der Waals surface area contributed by atoms with Gasteiger partial charge in [-0.3, -0.25) is 4.79 Å². The molecule has 0 aromatic carbocycles. The fourth-order valence-corrected chi connectivity index (χ4v) is 2.51. The number of carbonyl (C=O) groups excluding carboxylic acids is 1. The van der Waals surface area contributed by atoms with Crippen LogP contribution in [-0.2, 0) is 18.4 Å². The van der Waals surface area contributed by atoms with E-state index >= 15 is 0 Å². The summed E-state index contributed by atoms with van der Waals surface area (Å²) in [5, 5.41) is 14.1. The average molecular weight is 265 g/mol. The Labute approximate surface area is 114 Å². The number of hydrogen-bond acceptors (Lipinski definition) is 4. The second-order valence-corrected chi connectivity index (χ2v) is 5.81. The van der Waals surface area contributed by atoms with Gasteiger partial charge in [0.2, 0.25) is 5.91 Å². The van der Waals surface area contributed by atoms with Crippen LogP contribution >= 0.6 is 0 Å². The molecule has 0 spiro atoms. The van der Waals surface area contributed by atoms with Crippen molar-refractivity contribution in [1.29, 1.82) is 0 Å². The van der Waals surface area contributed by atoms with Crippen molar-refractivity contribution < 1.29 is 4.79 Å². The highest BCUT2D eigenvalue weighted by Gasteiger charge is 2.37. The molecule has 2 rings (SSSR count). The Bertz CT molecular complexity index is 434. The molecule has 0 aliphatic carbocycles. The molecule has 1 aromatic rings. The van der Waals surface area contributed by atoms with Crippen LogP contribution in [0.15, 0.2) is 6.33 Å². The van der Waals surface area contributed by atoms with Gasteiger partial charge in [-0.15, -0.1) is 10.2 Å². The molecule has 6 nitrogen and oxygen atoms in total. The highest BCUT2D eigenvalue weighted by Crippen LogP contribution is 2.31. The number of nitrogens with one attached hydrogen (secondary N) is 2. The van der Waals surface area contributed by atoms with Gasteiger partial charge in [0.05, 0.1) is 6.54 Å². The van der Waals surface area contributed by atoms with Crippen molar-refractivity contribution in [2.75, 3.05) is 13.1 Å². The summed E-state index contributed by atoms with van der Waals surface area (Å²) in [4.78, 5) is 12.4. The first-order valence-electron chi connectivity index (χ1n) is 6.83. The summed E-state index contributed by atoms with van der Waals surface area (Å²) in [7, 11) is 1.87. The van der Waals surface area contributed by atoms with Crippen LogP contribution in [0.4, 0.5) is 0 Å². The van der Waals surface area contributed by atoms with E-state index in [9.17, 15) is 4.79 Å². The van der Waals surface area contributed by atoms with Crippen molar-refractivity contribution in [3.05, 3.63) is 12.2 Å². The monoisotopic (exact) mass is 265 g/mol. The van der Waals surface area contributed by atoms with E-state index < -0.39 is 0 Å². The largest absolute Gasteiger partial charge is 0.348 e. The number of aromatic nitrogens is 3. The molecule has 0 saturated carbocycles. The van der Waals surface area contributed by atoms with Crippen LogP contribution in [0.1, 0.15) is 32.5 Å². The highest BCUT2D eigenvalue weighted by atomic mass is 16.2. The zero-order valence-electron chi connectivity index (χ0n) is 11.9. The zero-order chi connectivity index (χ0) is 13.9. The molecule has 19 heavy (non-hydrogen) atoms. The fourth-order valence-electron chi connectivity index (χ4n) is 2.51. The van der Waals surface area contributed by atoms with Crippen molar-refractivity contribution in [1.82, 2.24) is 25.4 Å². The van der Waals surface area contributed by atoms with E-state index in [1.165, 1.54) is 0 Å². The van der Waals surface area contributed by atoms with Crippen LogP contribution in [0.3, 0.4) is 0 Å². The number of aryl methyl sites for hydroxylation is 1. The fraction of sp³-hybridized carbons (Fsp3) is 0.769. The molecular weight excluding hydrogens is 242 g/mol. The summed E-state index contributed by atoms with van der Waals surface area (Å²) in [5.74, 6) is 1.25. The van der Waals surface area contributed by atoms with Crippen molar-refractivity contribution in [2.24, 2.45) is 18.4 Å². The van der Waals surface area contributed by atoms with E-state index in [-0.39, 0.29) is 11.3 Å².